The molecule has 0 aliphatic heterocycles. The van der Waals surface area contributed by atoms with Gasteiger partial charge in [0.15, 0.2) is 0 Å². The first-order chi connectivity index (χ1) is 5.13. The van der Waals surface area contributed by atoms with Gasteiger partial charge in [-0.2, -0.15) is 0 Å². The highest BCUT2D eigenvalue weighted by Gasteiger charge is 2.11. The fraction of sp³-hybridized carbons (Fsp3) is 0.900. The first-order valence-electron chi connectivity index (χ1n) is 4.67. The van der Waals surface area contributed by atoms with Gasteiger partial charge in [-0.25, -0.2) is 0 Å². The molecule has 66 valence electrons. The van der Waals surface area contributed by atoms with Gasteiger partial charge < -0.3 is 0 Å². The van der Waals surface area contributed by atoms with Crippen LogP contribution in [0.2, 0.25) is 0 Å². The Kier molecular flexibility index (Phi) is 5.18. The van der Waals surface area contributed by atoms with Crippen molar-refractivity contribution in [1.82, 2.24) is 0 Å². The molecule has 0 N–H and O–H groups in total. The number of nitrogens with zero attached hydrogens (tertiary/aromatic N) is 1. The third-order valence-corrected chi connectivity index (χ3v) is 2.05. The highest BCUT2D eigenvalue weighted by atomic mass is 14.7. The highest BCUT2D eigenvalue weighted by molar-refractivity contribution is 5.88. The topological polar surface area (TPSA) is 12.4 Å². The minimum atomic E-state index is 0.616. The van der Waals surface area contributed by atoms with Crippen LogP contribution in [-0.2, 0) is 0 Å². The number of hydrogen-bond acceptors (Lipinski definition) is 1. The minimum absolute atomic E-state index is 0.616. The molecule has 1 unspecified atom stereocenters. The Morgan fingerprint density at radius 3 is 2.00 bits per heavy atom. The van der Waals surface area contributed by atoms with E-state index in [2.05, 4.69) is 39.6 Å². The van der Waals surface area contributed by atoms with E-state index < -0.39 is 0 Å². The third-order valence-electron chi connectivity index (χ3n) is 2.05. The molecule has 0 heterocycles. The zero-order valence-corrected chi connectivity index (χ0v) is 8.52. The van der Waals surface area contributed by atoms with Gasteiger partial charge in [-0.3, -0.25) is 4.99 Å². The molecule has 0 aliphatic rings. The zero-order chi connectivity index (χ0) is 8.85. The van der Waals surface area contributed by atoms with E-state index in [1.54, 1.807) is 0 Å². The van der Waals surface area contributed by atoms with Crippen LogP contribution in [0.5, 0.6) is 0 Å². The van der Waals surface area contributed by atoms with Crippen LogP contribution >= 0.6 is 0 Å². The summed E-state index contributed by atoms with van der Waals surface area (Å²) < 4.78 is 0. The molecule has 0 amide bonds. The van der Waals surface area contributed by atoms with Crippen molar-refractivity contribution in [3.05, 3.63) is 0 Å². The molecule has 0 aliphatic carbocycles. The third kappa shape index (κ3) is 3.54. The monoisotopic (exact) mass is 155 g/mol. The molecular weight excluding hydrogens is 134 g/mol. The van der Waals surface area contributed by atoms with Gasteiger partial charge in [-0.1, -0.05) is 27.7 Å². The average Bonchev–Trinajstić information content (AvgIpc) is 1.98. The summed E-state index contributed by atoms with van der Waals surface area (Å²) in [5, 5.41) is 0. The molecule has 0 radical (unpaired) electrons. The summed E-state index contributed by atoms with van der Waals surface area (Å²) in [6.07, 6.45) is 1.21. The summed E-state index contributed by atoms with van der Waals surface area (Å²) in [6.45, 7) is 12.0. The highest BCUT2D eigenvalue weighted by Crippen LogP contribution is 2.11. The van der Waals surface area contributed by atoms with Crippen LogP contribution in [-0.4, -0.2) is 12.3 Å². The van der Waals surface area contributed by atoms with Crippen LogP contribution in [0, 0.1) is 11.8 Å². The van der Waals surface area contributed by atoms with E-state index in [9.17, 15) is 0 Å². The summed E-state index contributed by atoms with van der Waals surface area (Å²) >= 11 is 0. The van der Waals surface area contributed by atoms with Crippen molar-refractivity contribution in [1.29, 1.82) is 0 Å². The molecule has 0 aromatic rings. The van der Waals surface area contributed by atoms with E-state index >= 15 is 0 Å². The molecule has 0 aromatic carbocycles. The van der Waals surface area contributed by atoms with Gasteiger partial charge in [0.1, 0.15) is 0 Å². The fourth-order valence-electron chi connectivity index (χ4n) is 1.30. The van der Waals surface area contributed by atoms with Gasteiger partial charge in [-0.05, 0) is 25.2 Å². The van der Waals surface area contributed by atoms with Crippen molar-refractivity contribution < 1.29 is 0 Å². The van der Waals surface area contributed by atoms with Gasteiger partial charge in [0.05, 0.1) is 0 Å². The lowest BCUT2D eigenvalue weighted by Crippen LogP contribution is -2.17. The Morgan fingerprint density at radius 2 is 1.73 bits per heavy atom. The number of aliphatic imine (C=N–C) groups is 1. The molecule has 0 fully saturated rings. The predicted octanol–water partition coefficient (Wildman–Crippen LogP) is 3.15. The zero-order valence-electron chi connectivity index (χ0n) is 8.52. The molecule has 1 heteroatoms. The Labute approximate surface area is 70.9 Å². The van der Waals surface area contributed by atoms with Gasteiger partial charge >= 0.3 is 0 Å². The number of rotatable bonds is 4. The molecule has 1 atom stereocenters. The Hall–Kier alpha value is -0.330. The lowest BCUT2D eigenvalue weighted by atomic mass is 9.94. The Balaban J connectivity index is 4.21. The first kappa shape index (κ1) is 10.7. The molecule has 0 aromatic heterocycles. The van der Waals surface area contributed by atoms with Crippen molar-refractivity contribution in [3.63, 3.8) is 0 Å². The molecule has 0 spiro atoms. The lowest BCUT2D eigenvalue weighted by molar-refractivity contribution is 0.679. The van der Waals surface area contributed by atoms with Crippen molar-refractivity contribution in [2.45, 2.75) is 41.0 Å². The van der Waals surface area contributed by atoms with E-state index in [0.717, 1.165) is 6.54 Å². The van der Waals surface area contributed by atoms with Crippen LogP contribution in [0.4, 0.5) is 0 Å². The maximum atomic E-state index is 4.51. The van der Waals surface area contributed by atoms with Crippen molar-refractivity contribution in [3.8, 4) is 0 Å². The summed E-state index contributed by atoms with van der Waals surface area (Å²) in [5.74, 6) is 1.28. The van der Waals surface area contributed by atoms with Crippen molar-refractivity contribution in [2.24, 2.45) is 16.8 Å². The minimum Gasteiger partial charge on any atom is -0.294 e. The molecule has 0 rings (SSSR count). The van der Waals surface area contributed by atoms with E-state index in [0.29, 0.717) is 11.8 Å². The molecule has 11 heavy (non-hydrogen) atoms. The SMILES string of the molecule is CCN=C(C(C)C)C(C)CC. The second kappa shape index (κ2) is 5.34. The van der Waals surface area contributed by atoms with Crippen LogP contribution in [0.3, 0.4) is 0 Å². The second-order valence-corrected chi connectivity index (χ2v) is 3.36. The Bertz CT molecular complexity index is 125. The van der Waals surface area contributed by atoms with E-state index in [1.807, 2.05) is 0 Å². The summed E-state index contributed by atoms with van der Waals surface area (Å²) in [5.41, 5.74) is 1.38. The molecule has 1 nitrogen and oxygen atoms in total. The van der Waals surface area contributed by atoms with Gasteiger partial charge in [-0.15, -0.1) is 0 Å². The largest absolute Gasteiger partial charge is 0.294 e. The maximum Gasteiger partial charge on any atom is 0.0360 e. The standard InChI is InChI=1S/C10H21N/c1-6-9(5)10(8(3)4)11-7-2/h8-9H,6-7H2,1-5H3. The van der Waals surface area contributed by atoms with Crippen LogP contribution < -0.4 is 0 Å². The molecule has 0 saturated heterocycles. The van der Waals surface area contributed by atoms with Crippen LogP contribution in [0.15, 0.2) is 4.99 Å². The normalized spacial score (nSPS) is 15.6. The van der Waals surface area contributed by atoms with Crippen molar-refractivity contribution >= 4 is 5.71 Å². The fourth-order valence-corrected chi connectivity index (χ4v) is 1.30. The summed E-state index contributed by atoms with van der Waals surface area (Å²) in [6, 6.07) is 0. The van der Waals surface area contributed by atoms with E-state index in [-0.39, 0.29) is 0 Å². The number of hydrogen-bond donors (Lipinski definition) is 0. The summed E-state index contributed by atoms with van der Waals surface area (Å²) in [4.78, 5) is 4.51. The molecule has 0 bridgehead atoms. The average molecular weight is 155 g/mol. The van der Waals surface area contributed by atoms with Gasteiger partial charge in [0.25, 0.3) is 0 Å². The first-order valence-corrected chi connectivity index (χ1v) is 4.67. The van der Waals surface area contributed by atoms with Crippen molar-refractivity contribution in [2.75, 3.05) is 6.54 Å². The van der Waals surface area contributed by atoms with E-state index in [4.69, 9.17) is 0 Å². The second-order valence-electron chi connectivity index (χ2n) is 3.36. The smallest absolute Gasteiger partial charge is 0.0360 e. The predicted molar refractivity (Wildman–Crippen MR) is 52.3 cm³/mol. The van der Waals surface area contributed by atoms with Crippen LogP contribution in [0.1, 0.15) is 41.0 Å². The maximum absolute atomic E-state index is 4.51. The van der Waals surface area contributed by atoms with Crippen LogP contribution in [0.25, 0.3) is 0 Å². The van der Waals surface area contributed by atoms with Gasteiger partial charge in [0.2, 0.25) is 0 Å². The Morgan fingerprint density at radius 1 is 1.18 bits per heavy atom. The molecule has 0 saturated carbocycles. The summed E-state index contributed by atoms with van der Waals surface area (Å²) in [7, 11) is 0. The lowest BCUT2D eigenvalue weighted by Gasteiger charge is -2.15. The quantitative estimate of drug-likeness (QED) is 0.553. The molecular formula is C10H21N. The van der Waals surface area contributed by atoms with E-state index in [1.165, 1.54) is 12.1 Å². The van der Waals surface area contributed by atoms with Gasteiger partial charge in [0, 0.05) is 12.3 Å².